The number of hydrogen-bond acceptors (Lipinski definition) is 2. The van der Waals surface area contributed by atoms with Gasteiger partial charge < -0.3 is 5.73 Å². The van der Waals surface area contributed by atoms with Crippen LogP contribution in [-0.2, 0) is 5.54 Å². The molecule has 94 valence electrons. The first-order valence-electron chi connectivity index (χ1n) is 6.38. The van der Waals surface area contributed by atoms with Gasteiger partial charge in [0.2, 0.25) is 0 Å². The van der Waals surface area contributed by atoms with E-state index < -0.39 is 5.54 Å². The molecule has 0 bridgehead atoms. The maximum atomic E-state index is 6.56. The molecule has 0 saturated carbocycles. The molecule has 0 amide bonds. The predicted molar refractivity (Wildman–Crippen MR) is 78.8 cm³/mol. The van der Waals surface area contributed by atoms with Gasteiger partial charge in [-0.1, -0.05) is 54.6 Å². The van der Waals surface area contributed by atoms with Crippen LogP contribution in [0.15, 0.2) is 66.9 Å². The Morgan fingerprint density at radius 1 is 0.895 bits per heavy atom. The zero-order valence-electron chi connectivity index (χ0n) is 10.9. The number of rotatable bonds is 2. The molecule has 1 atom stereocenters. The van der Waals surface area contributed by atoms with Crippen LogP contribution in [-0.4, -0.2) is 4.98 Å². The van der Waals surface area contributed by atoms with Gasteiger partial charge in [-0.3, -0.25) is 4.98 Å². The van der Waals surface area contributed by atoms with E-state index in [0.29, 0.717) is 0 Å². The first-order chi connectivity index (χ1) is 9.19. The fourth-order valence-electron chi connectivity index (χ4n) is 2.45. The molecule has 0 radical (unpaired) electrons. The van der Waals surface area contributed by atoms with E-state index in [1.807, 2.05) is 61.7 Å². The number of nitrogens with zero attached hydrogens (tertiary/aromatic N) is 1. The largest absolute Gasteiger partial charge is 0.317 e. The Labute approximate surface area is 112 Å². The van der Waals surface area contributed by atoms with Crippen molar-refractivity contribution < 1.29 is 0 Å². The van der Waals surface area contributed by atoms with E-state index in [1.165, 1.54) is 5.39 Å². The molecule has 2 N–H and O–H groups in total. The molecule has 3 rings (SSSR count). The van der Waals surface area contributed by atoms with E-state index >= 15 is 0 Å². The third-order valence-corrected chi connectivity index (χ3v) is 3.54. The number of nitrogens with two attached hydrogens (primary N) is 1. The summed E-state index contributed by atoms with van der Waals surface area (Å²) in [6.07, 6.45) is 1.83. The van der Waals surface area contributed by atoms with Crippen LogP contribution in [0.4, 0.5) is 0 Å². The summed E-state index contributed by atoms with van der Waals surface area (Å²) in [5.41, 5.74) is 7.95. The lowest BCUT2D eigenvalue weighted by molar-refractivity contribution is 0.588. The van der Waals surface area contributed by atoms with E-state index in [9.17, 15) is 0 Å². The third-order valence-electron chi connectivity index (χ3n) is 3.54. The van der Waals surface area contributed by atoms with Crippen molar-refractivity contribution in [2.75, 3.05) is 0 Å². The smallest absolute Gasteiger partial charge is 0.0816 e. The average molecular weight is 248 g/mol. The van der Waals surface area contributed by atoms with Crippen LogP contribution in [0.1, 0.15) is 18.2 Å². The molecule has 0 aliphatic carbocycles. The molecule has 1 heterocycles. The van der Waals surface area contributed by atoms with Gasteiger partial charge in [-0.25, -0.2) is 0 Å². The van der Waals surface area contributed by atoms with Gasteiger partial charge >= 0.3 is 0 Å². The fourth-order valence-corrected chi connectivity index (χ4v) is 2.45. The highest BCUT2D eigenvalue weighted by Crippen LogP contribution is 2.30. The summed E-state index contributed by atoms with van der Waals surface area (Å²) in [6.45, 7) is 2.01. The lowest BCUT2D eigenvalue weighted by Gasteiger charge is -2.26. The van der Waals surface area contributed by atoms with Crippen molar-refractivity contribution in [3.05, 3.63) is 78.1 Å². The van der Waals surface area contributed by atoms with E-state index in [1.54, 1.807) is 0 Å². The molecule has 0 saturated heterocycles. The minimum Gasteiger partial charge on any atom is -0.317 e. The Morgan fingerprint density at radius 2 is 1.58 bits per heavy atom. The zero-order valence-corrected chi connectivity index (χ0v) is 10.9. The molecule has 0 aliphatic heterocycles. The van der Waals surface area contributed by atoms with Gasteiger partial charge in [0.15, 0.2) is 0 Å². The minimum atomic E-state index is -0.595. The van der Waals surface area contributed by atoms with Crippen molar-refractivity contribution in [2.45, 2.75) is 12.5 Å². The first-order valence-corrected chi connectivity index (χ1v) is 6.38. The van der Waals surface area contributed by atoms with E-state index in [4.69, 9.17) is 5.73 Å². The lowest BCUT2D eigenvalue weighted by Crippen LogP contribution is -2.35. The highest BCUT2D eigenvalue weighted by atomic mass is 14.8. The summed E-state index contributed by atoms with van der Waals surface area (Å²) >= 11 is 0. The van der Waals surface area contributed by atoms with Crippen molar-refractivity contribution in [3.8, 4) is 0 Å². The van der Waals surface area contributed by atoms with E-state index in [-0.39, 0.29) is 0 Å². The Kier molecular flexibility index (Phi) is 2.80. The summed E-state index contributed by atoms with van der Waals surface area (Å²) in [4.78, 5) is 4.53. The fraction of sp³-hybridized carbons (Fsp3) is 0.118. The molecule has 1 aromatic heterocycles. The van der Waals surface area contributed by atoms with Gasteiger partial charge in [-0.2, -0.15) is 0 Å². The minimum absolute atomic E-state index is 0.595. The molecule has 0 fully saturated rings. The highest BCUT2D eigenvalue weighted by molar-refractivity contribution is 5.85. The van der Waals surface area contributed by atoms with Crippen molar-refractivity contribution >= 4 is 10.8 Å². The lowest BCUT2D eigenvalue weighted by atomic mass is 9.87. The van der Waals surface area contributed by atoms with Gasteiger partial charge in [0.05, 0.1) is 11.2 Å². The van der Waals surface area contributed by atoms with E-state index in [0.717, 1.165) is 16.6 Å². The Balaban J connectivity index is 2.24. The number of aromatic nitrogens is 1. The Morgan fingerprint density at radius 3 is 2.37 bits per heavy atom. The van der Waals surface area contributed by atoms with Gasteiger partial charge in [0, 0.05) is 11.6 Å². The number of pyridine rings is 1. The van der Waals surface area contributed by atoms with Crippen LogP contribution in [0.3, 0.4) is 0 Å². The van der Waals surface area contributed by atoms with Crippen LogP contribution >= 0.6 is 0 Å². The summed E-state index contributed by atoms with van der Waals surface area (Å²) in [5.74, 6) is 0. The van der Waals surface area contributed by atoms with Gasteiger partial charge in [0.25, 0.3) is 0 Å². The maximum Gasteiger partial charge on any atom is 0.0816 e. The van der Waals surface area contributed by atoms with Crippen LogP contribution in [0.25, 0.3) is 10.8 Å². The van der Waals surface area contributed by atoms with Crippen LogP contribution in [0.2, 0.25) is 0 Å². The molecule has 3 aromatic rings. The topological polar surface area (TPSA) is 38.9 Å². The monoisotopic (exact) mass is 248 g/mol. The normalized spacial score (nSPS) is 14.2. The van der Waals surface area contributed by atoms with Gasteiger partial charge in [-0.05, 0) is 23.9 Å². The summed E-state index contributed by atoms with van der Waals surface area (Å²) in [7, 11) is 0. The SMILES string of the molecule is CC(N)(c1ccccc1)c1nccc2ccccc12. The number of benzene rings is 2. The van der Waals surface area contributed by atoms with Crippen molar-refractivity contribution in [2.24, 2.45) is 5.73 Å². The quantitative estimate of drug-likeness (QED) is 0.754. The standard InChI is InChI=1S/C17H16N2/c1-17(18,14-8-3-2-4-9-14)16-15-10-6-5-7-13(15)11-12-19-16/h2-12H,18H2,1H3. The molecular weight excluding hydrogens is 232 g/mol. The first kappa shape index (κ1) is 11.9. The highest BCUT2D eigenvalue weighted by Gasteiger charge is 2.26. The second-order valence-corrected chi connectivity index (χ2v) is 4.95. The van der Waals surface area contributed by atoms with Gasteiger partial charge in [-0.15, -0.1) is 0 Å². The zero-order chi connectivity index (χ0) is 13.3. The average Bonchev–Trinajstić information content (AvgIpc) is 2.47. The molecule has 2 heteroatoms. The van der Waals surface area contributed by atoms with Crippen LogP contribution < -0.4 is 5.73 Å². The molecule has 19 heavy (non-hydrogen) atoms. The molecule has 0 aliphatic rings. The summed E-state index contributed by atoms with van der Waals surface area (Å²) in [6, 6.07) is 20.3. The molecule has 2 aromatic carbocycles. The predicted octanol–water partition coefficient (Wildman–Crippen LogP) is 3.46. The maximum absolute atomic E-state index is 6.56. The molecule has 2 nitrogen and oxygen atoms in total. The number of hydrogen-bond donors (Lipinski definition) is 1. The Bertz CT molecular complexity index is 697. The molecule has 1 unspecified atom stereocenters. The summed E-state index contributed by atoms with van der Waals surface area (Å²) < 4.78 is 0. The second kappa shape index (κ2) is 4.48. The second-order valence-electron chi connectivity index (χ2n) is 4.95. The van der Waals surface area contributed by atoms with E-state index in [2.05, 4.69) is 17.1 Å². The third kappa shape index (κ3) is 2.00. The molecule has 0 spiro atoms. The van der Waals surface area contributed by atoms with Gasteiger partial charge in [0.1, 0.15) is 0 Å². The number of fused-ring (bicyclic) bond motifs is 1. The van der Waals surface area contributed by atoms with Crippen molar-refractivity contribution in [1.82, 2.24) is 4.98 Å². The van der Waals surface area contributed by atoms with Crippen molar-refractivity contribution in [3.63, 3.8) is 0 Å². The van der Waals surface area contributed by atoms with Crippen LogP contribution in [0.5, 0.6) is 0 Å². The van der Waals surface area contributed by atoms with Crippen LogP contribution in [0, 0.1) is 0 Å². The Hall–Kier alpha value is -2.19. The molecular formula is C17H16N2. The summed E-state index contributed by atoms with van der Waals surface area (Å²) in [5, 5.41) is 2.28. The van der Waals surface area contributed by atoms with Crippen molar-refractivity contribution in [1.29, 1.82) is 0 Å².